The van der Waals surface area contributed by atoms with Crippen molar-refractivity contribution in [1.29, 1.82) is 5.26 Å². The summed E-state index contributed by atoms with van der Waals surface area (Å²) in [5, 5.41) is 12.4. The van der Waals surface area contributed by atoms with Gasteiger partial charge in [0.15, 0.2) is 5.76 Å². The van der Waals surface area contributed by atoms with Crippen LogP contribution in [0.25, 0.3) is 11.3 Å². The molecule has 80 valence electrons. The Morgan fingerprint density at radius 3 is 2.75 bits per heavy atom. The fourth-order valence-electron chi connectivity index (χ4n) is 1.37. The van der Waals surface area contributed by atoms with Crippen molar-refractivity contribution in [3.63, 3.8) is 0 Å². The van der Waals surface area contributed by atoms with Crippen molar-refractivity contribution in [3.8, 4) is 23.1 Å². The average Bonchev–Trinajstić information content (AvgIpc) is 2.78. The molecule has 16 heavy (non-hydrogen) atoms. The second kappa shape index (κ2) is 4.49. The van der Waals surface area contributed by atoms with Crippen molar-refractivity contribution in [1.82, 2.24) is 5.16 Å². The Morgan fingerprint density at radius 2 is 2.12 bits per heavy atom. The van der Waals surface area contributed by atoms with E-state index in [0.29, 0.717) is 5.76 Å². The Morgan fingerprint density at radius 1 is 1.38 bits per heavy atom. The minimum Gasteiger partial charge on any atom is -0.497 e. The third-order valence-electron chi connectivity index (χ3n) is 2.20. The molecule has 0 spiro atoms. The largest absolute Gasteiger partial charge is 0.497 e. The minimum atomic E-state index is 0.239. The summed E-state index contributed by atoms with van der Waals surface area (Å²) in [6, 6.07) is 11.3. The van der Waals surface area contributed by atoms with Crippen molar-refractivity contribution in [2.24, 2.45) is 0 Å². The molecule has 0 N–H and O–H groups in total. The molecule has 0 aliphatic heterocycles. The molecule has 0 aliphatic carbocycles. The number of rotatable bonds is 3. The van der Waals surface area contributed by atoms with Crippen LogP contribution in [0.1, 0.15) is 5.76 Å². The molecular formula is C12H10N2O2. The first-order chi connectivity index (χ1) is 7.83. The van der Waals surface area contributed by atoms with E-state index in [1.54, 1.807) is 13.2 Å². The smallest absolute Gasteiger partial charge is 0.151 e. The number of aromatic nitrogens is 1. The second-order valence-corrected chi connectivity index (χ2v) is 3.24. The number of hydrogen-bond donors (Lipinski definition) is 0. The van der Waals surface area contributed by atoms with E-state index in [-0.39, 0.29) is 6.42 Å². The molecule has 4 heteroatoms. The van der Waals surface area contributed by atoms with Gasteiger partial charge < -0.3 is 9.26 Å². The van der Waals surface area contributed by atoms with Crippen molar-refractivity contribution < 1.29 is 9.26 Å². The minimum absolute atomic E-state index is 0.239. The van der Waals surface area contributed by atoms with Crippen LogP contribution < -0.4 is 4.74 Å². The standard InChI is InChI=1S/C12H10N2O2/c1-15-10-4-2-9(3-5-10)12-8-11(6-7-13)16-14-12/h2-5,8H,6H2,1H3. The fourth-order valence-corrected chi connectivity index (χ4v) is 1.37. The molecule has 0 bridgehead atoms. The highest BCUT2D eigenvalue weighted by Gasteiger charge is 2.05. The van der Waals surface area contributed by atoms with Gasteiger partial charge in [0.2, 0.25) is 0 Å². The number of hydrogen-bond acceptors (Lipinski definition) is 4. The van der Waals surface area contributed by atoms with Crippen LogP contribution in [0.15, 0.2) is 34.9 Å². The van der Waals surface area contributed by atoms with Crippen LogP contribution in [0.2, 0.25) is 0 Å². The van der Waals surface area contributed by atoms with Gasteiger partial charge in [-0.15, -0.1) is 0 Å². The number of benzene rings is 1. The number of methoxy groups -OCH3 is 1. The van der Waals surface area contributed by atoms with Crippen LogP contribution in [0.4, 0.5) is 0 Å². The van der Waals surface area contributed by atoms with E-state index >= 15 is 0 Å². The topological polar surface area (TPSA) is 59.0 Å². The Balaban J connectivity index is 2.25. The lowest BCUT2D eigenvalue weighted by Crippen LogP contribution is -1.82. The van der Waals surface area contributed by atoms with E-state index in [4.69, 9.17) is 14.5 Å². The quantitative estimate of drug-likeness (QED) is 0.787. The summed E-state index contributed by atoms with van der Waals surface area (Å²) >= 11 is 0. The van der Waals surface area contributed by atoms with E-state index < -0.39 is 0 Å². The van der Waals surface area contributed by atoms with E-state index in [0.717, 1.165) is 17.0 Å². The molecular weight excluding hydrogens is 204 g/mol. The van der Waals surface area contributed by atoms with Gasteiger partial charge in [-0.1, -0.05) is 5.16 Å². The van der Waals surface area contributed by atoms with Gasteiger partial charge in [0.25, 0.3) is 0 Å². The Labute approximate surface area is 93.1 Å². The van der Waals surface area contributed by atoms with E-state index in [1.807, 2.05) is 30.3 Å². The normalized spacial score (nSPS) is 9.75. The molecule has 0 fully saturated rings. The third kappa shape index (κ3) is 2.04. The zero-order valence-corrected chi connectivity index (χ0v) is 8.80. The van der Waals surface area contributed by atoms with Crippen LogP contribution in [0.5, 0.6) is 5.75 Å². The van der Waals surface area contributed by atoms with Crippen LogP contribution in [0, 0.1) is 11.3 Å². The zero-order chi connectivity index (χ0) is 11.4. The molecule has 0 atom stereocenters. The zero-order valence-electron chi connectivity index (χ0n) is 8.80. The molecule has 1 heterocycles. The molecule has 0 aliphatic rings. The van der Waals surface area contributed by atoms with Crippen LogP contribution in [-0.2, 0) is 6.42 Å². The predicted molar refractivity (Wildman–Crippen MR) is 57.8 cm³/mol. The van der Waals surface area contributed by atoms with Gasteiger partial charge in [0.1, 0.15) is 11.4 Å². The number of nitrogens with zero attached hydrogens (tertiary/aromatic N) is 2. The lowest BCUT2D eigenvalue weighted by atomic mass is 10.1. The molecule has 0 saturated heterocycles. The van der Waals surface area contributed by atoms with E-state index in [9.17, 15) is 0 Å². The van der Waals surface area contributed by atoms with Gasteiger partial charge in [0, 0.05) is 11.6 Å². The third-order valence-corrected chi connectivity index (χ3v) is 2.20. The summed E-state index contributed by atoms with van der Waals surface area (Å²) in [7, 11) is 1.62. The monoisotopic (exact) mass is 214 g/mol. The SMILES string of the molecule is COc1ccc(-c2cc(CC#N)on2)cc1. The highest BCUT2D eigenvalue weighted by molar-refractivity contribution is 5.59. The average molecular weight is 214 g/mol. The lowest BCUT2D eigenvalue weighted by molar-refractivity contribution is 0.393. The number of nitriles is 1. The molecule has 0 radical (unpaired) electrons. The Hall–Kier alpha value is -2.28. The van der Waals surface area contributed by atoms with Crippen molar-refractivity contribution in [2.45, 2.75) is 6.42 Å². The van der Waals surface area contributed by atoms with Crippen LogP contribution in [-0.4, -0.2) is 12.3 Å². The maximum Gasteiger partial charge on any atom is 0.151 e. The molecule has 2 aromatic rings. The van der Waals surface area contributed by atoms with Gasteiger partial charge in [-0.25, -0.2) is 0 Å². The van der Waals surface area contributed by atoms with Gasteiger partial charge in [-0.2, -0.15) is 5.26 Å². The Kier molecular flexibility index (Phi) is 2.88. The summed E-state index contributed by atoms with van der Waals surface area (Å²) in [6.07, 6.45) is 0.239. The van der Waals surface area contributed by atoms with Gasteiger partial charge in [0.05, 0.1) is 19.6 Å². The van der Waals surface area contributed by atoms with Gasteiger partial charge >= 0.3 is 0 Å². The number of ether oxygens (including phenoxy) is 1. The summed E-state index contributed by atoms with van der Waals surface area (Å²) in [5.74, 6) is 1.37. The molecule has 1 aromatic heterocycles. The van der Waals surface area contributed by atoms with Gasteiger partial charge in [-0.3, -0.25) is 0 Å². The maximum atomic E-state index is 8.51. The first kappa shape index (κ1) is 10.2. The predicted octanol–water partition coefficient (Wildman–Crippen LogP) is 2.42. The molecule has 0 unspecified atom stereocenters. The first-order valence-corrected chi connectivity index (χ1v) is 4.80. The first-order valence-electron chi connectivity index (χ1n) is 4.80. The molecule has 4 nitrogen and oxygen atoms in total. The van der Waals surface area contributed by atoms with E-state index in [2.05, 4.69) is 5.16 Å². The van der Waals surface area contributed by atoms with Crippen molar-refractivity contribution >= 4 is 0 Å². The van der Waals surface area contributed by atoms with E-state index in [1.165, 1.54) is 0 Å². The highest BCUT2D eigenvalue weighted by Crippen LogP contribution is 2.22. The van der Waals surface area contributed by atoms with Crippen molar-refractivity contribution in [2.75, 3.05) is 7.11 Å². The van der Waals surface area contributed by atoms with Crippen LogP contribution in [0.3, 0.4) is 0 Å². The molecule has 2 rings (SSSR count). The second-order valence-electron chi connectivity index (χ2n) is 3.24. The summed E-state index contributed by atoms with van der Waals surface area (Å²) in [6.45, 7) is 0. The summed E-state index contributed by atoms with van der Waals surface area (Å²) in [5.41, 5.74) is 1.67. The summed E-state index contributed by atoms with van der Waals surface area (Å²) < 4.78 is 10.1. The molecule has 0 amide bonds. The Bertz CT molecular complexity index is 509. The van der Waals surface area contributed by atoms with Crippen molar-refractivity contribution in [3.05, 3.63) is 36.1 Å². The maximum absolute atomic E-state index is 8.51. The summed E-state index contributed by atoms with van der Waals surface area (Å²) in [4.78, 5) is 0. The molecule has 1 aromatic carbocycles. The fraction of sp³-hybridized carbons (Fsp3) is 0.167. The lowest BCUT2D eigenvalue weighted by Gasteiger charge is -1.99. The van der Waals surface area contributed by atoms with Crippen LogP contribution >= 0.6 is 0 Å². The van der Waals surface area contributed by atoms with Gasteiger partial charge in [-0.05, 0) is 24.3 Å². The molecule has 0 saturated carbocycles. The highest BCUT2D eigenvalue weighted by atomic mass is 16.5.